The second-order valence-electron chi connectivity index (χ2n) is 3.61. The van der Waals surface area contributed by atoms with E-state index >= 15 is 0 Å². The Morgan fingerprint density at radius 3 is 2.69 bits per heavy atom. The van der Waals surface area contributed by atoms with Crippen LogP contribution in [0.1, 0.15) is 39.5 Å². The fourth-order valence-corrected chi connectivity index (χ4v) is 1.40. The number of likely N-dealkylation sites (N-methyl/N-ethyl adjacent to an activating group) is 1. The maximum absolute atomic E-state index is 11.3. The Hall–Kier alpha value is -1.26. The predicted octanol–water partition coefficient (Wildman–Crippen LogP) is 1.74. The van der Waals surface area contributed by atoms with Crippen LogP contribution in [-0.2, 0) is 4.79 Å². The van der Waals surface area contributed by atoms with Crippen molar-refractivity contribution in [3.63, 3.8) is 0 Å². The molecule has 92 valence electrons. The molecule has 0 saturated carbocycles. The quantitative estimate of drug-likeness (QED) is 0.286. The Morgan fingerprint density at radius 2 is 2.19 bits per heavy atom. The number of aliphatic hydroxyl groups excluding tert-OH is 1. The van der Waals surface area contributed by atoms with E-state index in [9.17, 15) is 9.90 Å². The van der Waals surface area contributed by atoms with Crippen molar-refractivity contribution in [1.29, 1.82) is 0 Å². The first-order valence-corrected chi connectivity index (χ1v) is 5.67. The van der Waals surface area contributed by atoms with E-state index in [0.29, 0.717) is 13.0 Å². The third-order valence-corrected chi connectivity index (χ3v) is 2.29. The summed E-state index contributed by atoms with van der Waals surface area (Å²) < 4.78 is 0. The molecule has 0 aliphatic rings. The van der Waals surface area contributed by atoms with Gasteiger partial charge >= 0.3 is 0 Å². The van der Waals surface area contributed by atoms with Crippen molar-refractivity contribution in [2.45, 2.75) is 51.7 Å². The van der Waals surface area contributed by atoms with Crippen LogP contribution < -0.4 is 5.32 Å². The lowest BCUT2D eigenvalue weighted by Gasteiger charge is -2.17. The Kier molecular flexibility index (Phi) is 8.29. The van der Waals surface area contributed by atoms with E-state index in [-0.39, 0.29) is 0 Å². The van der Waals surface area contributed by atoms with E-state index < -0.39 is 18.1 Å². The zero-order valence-corrected chi connectivity index (χ0v) is 9.89. The average molecular weight is 228 g/mol. The molecule has 0 aromatic heterocycles. The number of nitrogens with one attached hydrogen (secondary N) is 1. The lowest BCUT2D eigenvalue weighted by atomic mass is 10.0. The van der Waals surface area contributed by atoms with Crippen LogP contribution in [0.2, 0.25) is 0 Å². The van der Waals surface area contributed by atoms with Gasteiger partial charge < -0.3 is 10.4 Å². The first-order chi connectivity index (χ1) is 7.67. The van der Waals surface area contributed by atoms with Gasteiger partial charge in [0.15, 0.2) is 0 Å². The zero-order valence-electron chi connectivity index (χ0n) is 9.89. The van der Waals surface area contributed by atoms with Crippen molar-refractivity contribution < 1.29 is 9.90 Å². The summed E-state index contributed by atoms with van der Waals surface area (Å²) in [5, 5.41) is 15.6. The second-order valence-corrected chi connectivity index (χ2v) is 3.61. The lowest BCUT2D eigenvalue weighted by Crippen LogP contribution is -2.41. The molecule has 6 nitrogen and oxygen atoms in total. The second kappa shape index (κ2) is 9.00. The van der Waals surface area contributed by atoms with Gasteiger partial charge in [0.25, 0.3) is 0 Å². The van der Waals surface area contributed by atoms with Gasteiger partial charge in [-0.3, -0.25) is 4.79 Å². The van der Waals surface area contributed by atoms with E-state index in [1.54, 1.807) is 6.92 Å². The number of nitrogens with zero attached hydrogens (tertiary/aromatic N) is 3. The molecule has 0 aromatic carbocycles. The highest BCUT2D eigenvalue weighted by Gasteiger charge is 2.24. The van der Waals surface area contributed by atoms with Crippen LogP contribution >= 0.6 is 0 Å². The summed E-state index contributed by atoms with van der Waals surface area (Å²) in [6.45, 7) is 4.28. The summed E-state index contributed by atoms with van der Waals surface area (Å²) in [5.74, 6) is -0.476. The Balaban J connectivity index is 4.27. The summed E-state index contributed by atoms with van der Waals surface area (Å²) in [5.41, 5.74) is 8.37. The number of azide groups is 1. The molecular formula is C10H20N4O2. The zero-order chi connectivity index (χ0) is 12.4. The molecule has 6 heteroatoms. The van der Waals surface area contributed by atoms with E-state index in [1.165, 1.54) is 0 Å². The molecule has 0 aliphatic heterocycles. The van der Waals surface area contributed by atoms with E-state index in [0.717, 1.165) is 19.3 Å². The fraction of sp³-hybridized carbons (Fsp3) is 0.900. The molecule has 0 saturated heterocycles. The van der Waals surface area contributed by atoms with Crippen molar-refractivity contribution in [2.75, 3.05) is 6.54 Å². The average Bonchev–Trinajstić information content (AvgIpc) is 2.27. The normalized spacial score (nSPS) is 13.7. The van der Waals surface area contributed by atoms with E-state index in [4.69, 9.17) is 5.53 Å². The highest BCUT2D eigenvalue weighted by molar-refractivity contribution is 5.81. The predicted molar refractivity (Wildman–Crippen MR) is 61.8 cm³/mol. The Morgan fingerprint density at radius 1 is 1.50 bits per heavy atom. The minimum Gasteiger partial charge on any atom is -0.383 e. The maximum atomic E-state index is 11.3. The minimum absolute atomic E-state index is 0.452. The summed E-state index contributed by atoms with van der Waals surface area (Å²) in [7, 11) is 0. The van der Waals surface area contributed by atoms with Crippen molar-refractivity contribution in [3.8, 4) is 0 Å². The number of amides is 1. The summed E-state index contributed by atoms with van der Waals surface area (Å²) in [4.78, 5) is 14.0. The summed E-state index contributed by atoms with van der Waals surface area (Å²) in [6.07, 6.45) is 2.18. The SMILES string of the molecule is CCCCCC(N=[N+]=[N-])C(O)C(=O)NCC. The van der Waals surface area contributed by atoms with Crippen LogP contribution in [0.3, 0.4) is 0 Å². The first kappa shape index (κ1) is 14.7. The molecule has 0 radical (unpaired) electrons. The van der Waals surface area contributed by atoms with Crippen molar-refractivity contribution in [1.82, 2.24) is 5.32 Å². The molecule has 0 fully saturated rings. The molecule has 0 spiro atoms. The molecule has 0 bridgehead atoms. The van der Waals surface area contributed by atoms with Gasteiger partial charge in [0, 0.05) is 11.5 Å². The van der Waals surface area contributed by atoms with Crippen molar-refractivity contribution in [3.05, 3.63) is 10.4 Å². The minimum atomic E-state index is -1.24. The lowest BCUT2D eigenvalue weighted by molar-refractivity contribution is -0.130. The molecule has 2 atom stereocenters. The van der Waals surface area contributed by atoms with Gasteiger partial charge in [-0.05, 0) is 18.9 Å². The van der Waals surface area contributed by atoms with Gasteiger partial charge in [0.1, 0.15) is 6.10 Å². The number of unbranched alkanes of at least 4 members (excludes halogenated alkanes) is 2. The van der Waals surface area contributed by atoms with Crippen molar-refractivity contribution in [2.24, 2.45) is 5.11 Å². The number of carbonyl (C=O) groups excluding carboxylic acids is 1. The van der Waals surface area contributed by atoms with Crippen LogP contribution in [0.5, 0.6) is 0 Å². The number of hydrogen-bond donors (Lipinski definition) is 2. The summed E-state index contributed by atoms with van der Waals surface area (Å²) >= 11 is 0. The van der Waals surface area contributed by atoms with Gasteiger partial charge in [0.05, 0.1) is 6.04 Å². The van der Waals surface area contributed by atoms with Gasteiger partial charge in [-0.25, -0.2) is 0 Å². The molecule has 16 heavy (non-hydrogen) atoms. The van der Waals surface area contributed by atoms with Crippen LogP contribution in [0.25, 0.3) is 10.4 Å². The molecule has 1 amide bonds. The van der Waals surface area contributed by atoms with Gasteiger partial charge in [-0.1, -0.05) is 31.3 Å². The number of aliphatic hydroxyl groups is 1. The largest absolute Gasteiger partial charge is 0.383 e. The van der Waals surface area contributed by atoms with Crippen LogP contribution in [0, 0.1) is 0 Å². The van der Waals surface area contributed by atoms with Crippen LogP contribution in [0.15, 0.2) is 5.11 Å². The molecule has 2 unspecified atom stereocenters. The Bertz CT molecular complexity index is 251. The van der Waals surface area contributed by atoms with Gasteiger partial charge in [-0.15, -0.1) is 0 Å². The highest BCUT2D eigenvalue weighted by Crippen LogP contribution is 2.11. The third kappa shape index (κ3) is 5.58. The number of carbonyl (C=O) groups is 1. The molecule has 0 heterocycles. The van der Waals surface area contributed by atoms with Crippen LogP contribution in [-0.4, -0.2) is 29.7 Å². The highest BCUT2D eigenvalue weighted by atomic mass is 16.3. The molecule has 0 rings (SSSR count). The standard InChI is InChI=1S/C10H20N4O2/c1-3-5-6-7-8(13-14-11)9(15)10(16)12-4-2/h8-9,15H,3-7H2,1-2H3,(H,12,16). The maximum Gasteiger partial charge on any atom is 0.249 e. The first-order valence-electron chi connectivity index (χ1n) is 5.67. The smallest absolute Gasteiger partial charge is 0.249 e. The molecule has 0 aliphatic carbocycles. The number of hydrogen-bond acceptors (Lipinski definition) is 3. The summed E-state index contributed by atoms with van der Waals surface area (Å²) in [6, 6.07) is -0.664. The van der Waals surface area contributed by atoms with Crippen molar-refractivity contribution >= 4 is 5.91 Å². The third-order valence-electron chi connectivity index (χ3n) is 2.29. The monoisotopic (exact) mass is 228 g/mol. The molecule has 0 aromatic rings. The molecule has 2 N–H and O–H groups in total. The fourth-order valence-electron chi connectivity index (χ4n) is 1.40. The van der Waals surface area contributed by atoms with E-state index in [2.05, 4.69) is 22.3 Å². The molecular weight excluding hydrogens is 208 g/mol. The Labute approximate surface area is 95.7 Å². The number of rotatable bonds is 8. The van der Waals surface area contributed by atoms with E-state index in [1.807, 2.05) is 0 Å². The van der Waals surface area contributed by atoms with Gasteiger partial charge in [0.2, 0.25) is 5.91 Å². The van der Waals surface area contributed by atoms with Gasteiger partial charge in [-0.2, -0.15) is 0 Å². The van der Waals surface area contributed by atoms with Crippen LogP contribution in [0.4, 0.5) is 0 Å². The topological polar surface area (TPSA) is 98.1 Å².